The van der Waals surface area contributed by atoms with E-state index in [9.17, 15) is 31.8 Å². The number of ether oxygens (including phenoxy) is 1. The Kier molecular flexibility index (Phi) is 7.22. The van der Waals surface area contributed by atoms with Crippen molar-refractivity contribution in [2.75, 3.05) is 25.5 Å². The zero-order valence-corrected chi connectivity index (χ0v) is 17.4. The molecule has 31 heavy (non-hydrogen) atoms. The number of aliphatic hydroxyl groups is 2. The van der Waals surface area contributed by atoms with Crippen LogP contribution < -0.4 is 5.32 Å². The van der Waals surface area contributed by atoms with Gasteiger partial charge in [0.1, 0.15) is 10.7 Å². The maximum Gasteiger partial charge on any atom is 0.246 e. The quantitative estimate of drug-likeness (QED) is 0.573. The molecular weight excluding hydrogens is 437 g/mol. The van der Waals surface area contributed by atoms with Gasteiger partial charge in [-0.1, -0.05) is 6.07 Å². The van der Waals surface area contributed by atoms with Crippen molar-refractivity contribution in [2.24, 2.45) is 0 Å². The number of methoxy groups -OCH3 is 1. The molecule has 3 atom stereocenters. The number of nitrogens with one attached hydrogen (secondary N) is 1. The summed E-state index contributed by atoms with van der Waals surface area (Å²) in [6, 6.07) is 5.94. The van der Waals surface area contributed by atoms with E-state index in [4.69, 9.17) is 4.74 Å². The third kappa shape index (κ3) is 5.36. The summed E-state index contributed by atoms with van der Waals surface area (Å²) in [7, 11) is -2.91. The Labute approximate surface area is 178 Å². The molecule has 3 rings (SSSR count). The van der Waals surface area contributed by atoms with Crippen LogP contribution in [0.4, 0.5) is 18.9 Å². The molecule has 1 saturated heterocycles. The molecule has 0 bridgehead atoms. The molecule has 11 heteroatoms. The Bertz CT molecular complexity index is 1040. The fourth-order valence-electron chi connectivity index (χ4n) is 3.35. The van der Waals surface area contributed by atoms with Gasteiger partial charge in [-0.25, -0.2) is 21.6 Å². The van der Waals surface area contributed by atoms with Crippen LogP contribution in [0.15, 0.2) is 41.3 Å². The lowest BCUT2D eigenvalue weighted by Gasteiger charge is -2.24. The predicted octanol–water partition coefficient (Wildman–Crippen LogP) is 2.37. The van der Waals surface area contributed by atoms with E-state index in [0.717, 1.165) is 28.6 Å². The molecule has 3 N–H and O–H groups in total. The van der Waals surface area contributed by atoms with E-state index >= 15 is 0 Å². The van der Waals surface area contributed by atoms with E-state index in [1.54, 1.807) is 0 Å². The Morgan fingerprint density at radius 2 is 1.84 bits per heavy atom. The summed E-state index contributed by atoms with van der Waals surface area (Å²) in [5, 5.41) is 22.8. The van der Waals surface area contributed by atoms with Gasteiger partial charge >= 0.3 is 0 Å². The zero-order chi connectivity index (χ0) is 22.8. The second-order valence-corrected chi connectivity index (χ2v) is 9.17. The van der Waals surface area contributed by atoms with Gasteiger partial charge in [-0.15, -0.1) is 0 Å². The van der Waals surface area contributed by atoms with Crippen molar-refractivity contribution in [1.82, 2.24) is 4.31 Å². The lowest BCUT2D eigenvalue weighted by molar-refractivity contribution is 0.0508. The number of nitrogens with zero attached hydrogens (tertiary/aromatic N) is 1. The minimum absolute atomic E-state index is 0.00264. The van der Waals surface area contributed by atoms with Crippen molar-refractivity contribution in [3.05, 3.63) is 59.4 Å². The van der Waals surface area contributed by atoms with Crippen LogP contribution in [-0.2, 0) is 14.8 Å². The topological polar surface area (TPSA) is 99.1 Å². The highest BCUT2D eigenvalue weighted by molar-refractivity contribution is 7.89. The summed E-state index contributed by atoms with van der Waals surface area (Å²) in [5.74, 6) is -3.20. The van der Waals surface area contributed by atoms with Crippen LogP contribution in [0.2, 0.25) is 0 Å². The van der Waals surface area contributed by atoms with Crippen molar-refractivity contribution in [3.63, 3.8) is 0 Å². The largest absolute Gasteiger partial charge is 0.393 e. The Morgan fingerprint density at radius 3 is 2.52 bits per heavy atom. The molecular formula is C20H23F3N2O5S. The number of halogens is 3. The smallest absolute Gasteiger partial charge is 0.246 e. The summed E-state index contributed by atoms with van der Waals surface area (Å²) in [5.41, 5.74) is 0.0485. The molecule has 0 aliphatic carbocycles. The highest BCUT2D eigenvalue weighted by Crippen LogP contribution is 2.27. The number of hydrogen-bond donors (Lipinski definition) is 3. The fourth-order valence-corrected chi connectivity index (χ4v) is 4.94. The molecule has 0 spiro atoms. The van der Waals surface area contributed by atoms with Crippen molar-refractivity contribution in [1.29, 1.82) is 0 Å². The first-order valence-corrected chi connectivity index (χ1v) is 11.0. The number of rotatable bonds is 6. The van der Waals surface area contributed by atoms with Crippen LogP contribution in [0.25, 0.3) is 0 Å². The van der Waals surface area contributed by atoms with Gasteiger partial charge in [0.15, 0.2) is 17.9 Å². The van der Waals surface area contributed by atoms with Crippen molar-refractivity contribution in [3.8, 4) is 0 Å². The highest BCUT2D eigenvalue weighted by Gasteiger charge is 2.33. The fraction of sp³-hybridized carbons (Fsp3) is 0.400. The number of benzene rings is 2. The Morgan fingerprint density at radius 1 is 1.13 bits per heavy atom. The van der Waals surface area contributed by atoms with Crippen molar-refractivity contribution in [2.45, 2.75) is 36.2 Å². The third-order valence-corrected chi connectivity index (χ3v) is 6.98. The molecule has 0 radical (unpaired) electrons. The number of hydrogen-bond acceptors (Lipinski definition) is 6. The zero-order valence-electron chi connectivity index (χ0n) is 16.6. The van der Waals surface area contributed by atoms with Crippen LogP contribution in [-0.4, -0.2) is 55.3 Å². The van der Waals surface area contributed by atoms with Gasteiger partial charge in [-0.05, 0) is 30.7 Å². The second kappa shape index (κ2) is 9.53. The van der Waals surface area contributed by atoms with Gasteiger partial charge in [0.2, 0.25) is 10.0 Å². The van der Waals surface area contributed by atoms with Gasteiger partial charge in [-0.3, -0.25) is 0 Å². The molecule has 1 aliphatic heterocycles. The van der Waals surface area contributed by atoms with E-state index < -0.39 is 50.8 Å². The third-order valence-electron chi connectivity index (χ3n) is 5.10. The molecule has 2 aromatic carbocycles. The number of sulfonamides is 1. The van der Waals surface area contributed by atoms with Gasteiger partial charge < -0.3 is 20.3 Å². The summed E-state index contributed by atoms with van der Waals surface area (Å²) < 4.78 is 73.4. The minimum Gasteiger partial charge on any atom is -0.393 e. The molecule has 7 nitrogen and oxygen atoms in total. The molecule has 170 valence electrons. The molecule has 2 aromatic rings. The molecule has 0 amide bonds. The average molecular weight is 460 g/mol. The van der Waals surface area contributed by atoms with Crippen molar-refractivity contribution < 1.29 is 36.5 Å². The van der Waals surface area contributed by atoms with Gasteiger partial charge in [0.25, 0.3) is 0 Å². The van der Waals surface area contributed by atoms with Gasteiger partial charge in [0.05, 0.1) is 12.2 Å². The summed E-state index contributed by atoms with van der Waals surface area (Å²) in [6.45, 7) is -0.0854. The number of anilines is 1. The first-order chi connectivity index (χ1) is 14.6. The molecule has 1 aliphatic rings. The van der Waals surface area contributed by atoms with Crippen molar-refractivity contribution >= 4 is 15.7 Å². The molecule has 0 saturated carbocycles. The van der Waals surface area contributed by atoms with Gasteiger partial charge in [0, 0.05) is 43.9 Å². The lowest BCUT2D eigenvalue weighted by Crippen LogP contribution is -2.37. The van der Waals surface area contributed by atoms with E-state index in [-0.39, 0.29) is 37.2 Å². The van der Waals surface area contributed by atoms with E-state index in [2.05, 4.69) is 5.32 Å². The monoisotopic (exact) mass is 460 g/mol. The van der Waals surface area contributed by atoms with Crippen LogP contribution in [0.5, 0.6) is 0 Å². The predicted molar refractivity (Wildman–Crippen MR) is 106 cm³/mol. The maximum atomic E-state index is 14.5. The molecule has 1 heterocycles. The first kappa shape index (κ1) is 23.5. The average Bonchev–Trinajstić information content (AvgIpc) is 2.92. The van der Waals surface area contributed by atoms with Crippen LogP contribution in [0.1, 0.15) is 24.6 Å². The van der Waals surface area contributed by atoms with Crippen LogP contribution in [0, 0.1) is 17.5 Å². The van der Waals surface area contributed by atoms with Crippen LogP contribution in [0.3, 0.4) is 0 Å². The number of aliphatic hydroxyl groups excluding tert-OH is 2. The first-order valence-electron chi connectivity index (χ1n) is 9.52. The van der Waals surface area contributed by atoms with Gasteiger partial charge in [-0.2, -0.15) is 4.31 Å². The minimum atomic E-state index is -4.30. The Hall–Kier alpha value is -2.18. The summed E-state index contributed by atoms with van der Waals surface area (Å²) in [6.07, 6.45) is -2.40. The standard InChI is InChI=1S/C20H23F3N2O5S/c1-30-15-10-14(26)6-7-25(11-15)31(28,29)19-8-12(2-4-17(19)22)20(27)24-13-3-5-16(21)18(23)9-13/h2-5,8-9,14-15,20,24,26-27H,6-7,10-11H2,1H3. The van der Waals surface area contributed by atoms with E-state index in [0.29, 0.717) is 0 Å². The Balaban J connectivity index is 1.87. The van der Waals surface area contributed by atoms with E-state index in [1.807, 2.05) is 0 Å². The highest BCUT2D eigenvalue weighted by atomic mass is 32.2. The van der Waals surface area contributed by atoms with E-state index in [1.165, 1.54) is 19.2 Å². The SMILES string of the molecule is COC1CC(O)CCN(S(=O)(=O)c2cc(C(O)Nc3ccc(F)c(F)c3)ccc2F)C1. The molecule has 1 fully saturated rings. The maximum absolute atomic E-state index is 14.5. The molecule has 3 unspecified atom stereocenters. The second-order valence-electron chi connectivity index (χ2n) is 7.26. The molecule has 0 aromatic heterocycles. The lowest BCUT2D eigenvalue weighted by atomic mass is 10.1. The summed E-state index contributed by atoms with van der Waals surface area (Å²) in [4.78, 5) is -0.651. The van der Waals surface area contributed by atoms with Crippen LogP contribution >= 0.6 is 0 Å². The summed E-state index contributed by atoms with van der Waals surface area (Å²) >= 11 is 0. The normalized spacial score (nSPS) is 21.5.